The predicted molar refractivity (Wildman–Crippen MR) is 66.8 cm³/mol. The number of carboxylic acid groups (broad SMARTS) is 1. The first kappa shape index (κ1) is 14.0. The molecule has 5 heteroatoms. The second-order valence-corrected chi connectivity index (χ2v) is 3.82. The highest BCUT2D eigenvalue weighted by Gasteiger charge is 2.20. The minimum absolute atomic E-state index is 0.301. The molecule has 18 heavy (non-hydrogen) atoms. The number of hydrogen-bond acceptors (Lipinski definition) is 3. The van der Waals surface area contributed by atoms with Crippen LogP contribution < -0.4 is 4.74 Å². The summed E-state index contributed by atoms with van der Waals surface area (Å²) in [5, 5.41) is 8.81. The molecule has 0 atom stereocenters. The van der Waals surface area contributed by atoms with Gasteiger partial charge in [0.25, 0.3) is 5.91 Å². The molecule has 98 valence electrons. The quantitative estimate of drug-likeness (QED) is 0.834. The zero-order valence-corrected chi connectivity index (χ0v) is 10.5. The van der Waals surface area contributed by atoms with Crippen LogP contribution in [-0.4, -0.2) is 42.1 Å². The molecule has 0 aliphatic carbocycles. The van der Waals surface area contributed by atoms with Gasteiger partial charge in [0, 0.05) is 6.54 Å². The molecule has 0 aromatic heterocycles. The number of para-hydroxylation sites is 1. The maximum Gasteiger partial charge on any atom is 0.323 e. The molecule has 0 saturated carbocycles. The van der Waals surface area contributed by atoms with Crippen LogP contribution in [0.2, 0.25) is 0 Å². The van der Waals surface area contributed by atoms with Gasteiger partial charge in [-0.1, -0.05) is 19.1 Å². The minimum atomic E-state index is -1.02. The summed E-state index contributed by atoms with van der Waals surface area (Å²) < 4.78 is 5.10. The lowest BCUT2D eigenvalue weighted by Gasteiger charge is -2.21. The van der Waals surface area contributed by atoms with E-state index in [4.69, 9.17) is 9.84 Å². The van der Waals surface area contributed by atoms with Crippen LogP contribution in [0.15, 0.2) is 24.3 Å². The number of carbonyl (C=O) groups is 2. The van der Waals surface area contributed by atoms with E-state index in [-0.39, 0.29) is 12.5 Å². The number of nitrogens with zero attached hydrogens (tertiary/aromatic N) is 1. The highest BCUT2D eigenvalue weighted by molar-refractivity contribution is 5.98. The summed E-state index contributed by atoms with van der Waals surface area (Å²) in [7, 11) is 1.48. The fourth-order valence-corrected chi connectivity index (χ4v) is 1.68. The van der Waals surface area contributed by atoms with Crippen LogP contribution in [0.4, 0.5) is 0 Å². The van der Waals surface area contributed by atoms with Gasteiger partial charge in [0.15, 0.2) is 0 Å². The molecule has 0 bridgehead atoms. The molecule has 1 aromatic rings. The zero-order chi connectivity index (χ0) is 13.5. The van der Waals surface area contributed by atoms with E-state index in [1.165, 1.54) is 12.0 Å². The number of aliphatic carboxylic acids is 1. The highest BCUT2D eigenvalue weighted by atomic mass is 16.5. The lowest BCUT2D eigenvalue weighted by Crippen LogP contribution is -2.36. The summed E-state index contributed by atoms with van der Waals surface area (Å²) in [6.45, 7) is 2.00. The molecule has 0 radical (unpaired) electrons. The second-order valence-electron chi connectivity index (χ2n) is 3.82. The van der Waals surface area contributed by atoms with Gasteiger partial charge in [-0.15, -0.1) is 0 Å². The fourth-order valence-electron chi connectivity index (χ4n) is 1.68. The van der Waals surface area contributed by atoms with E-state index in [9.17, 15) is 9.59 Å². The van der Waals surface area contributed by atoms with Crippen molar-refractivity contribution in [3.05, 3.63) is 29.8 Å². The van der Waals surface area contributed by atoms with Crippen molar-refractivity contribution >= 4 is 11.9 Å². The Morgan fingerprint density at radius 1 is 1.33 bits per heavy atom. The molecule has 0 aliphatic rings. The van der Waals surface area contributed by atoms with Crippen LogP contribution in [0, 0.1) is 0 Å². The van der Waals surface area contributed by atoms with Crippen LogP contribution >= 0.6 is 0 Å². The van der Waals surface area contributed by atoms with Crippen LogP contribution in [0.25, 0.3) is 0 Å². The van der Waals surface area contributed by atoms with Crippen molar-refractivity contribution in [2.24, 2.45) is 0 Å². The molecule has 1 aromatic carbocycles. The first-order valence-corrected chi connectivity index (χ1v) is 5.74. The third-order valence-electron chi connectivity index (χ3n) is 2.44. The monoisotopic (exact) mass is 251 g/mol. The Morgan fingerprint density at radius 3 is 2.56 bits per heavy atom. The SMILES string of the molecule is CCCN(CC(=O)O)C(=O)c1ccccc1OC. The second kappa shape index (κ2) is 6.64. The maximum atomic E-state index is 12.2. The van der Waals surface area contributed by atoms with E-state index in [1.54, 1.807) is 24.3 Å². The molecule has 0 saturated heterocycles. The zero-order valence-electron chi connectivity index (χ0n) is 10.5. The average Bonchev–Trinajstić information content (AvgIpc) is 2.37. The molecular weight excluding hydrogens is 234 g/mol. The lowest BCUT2D eigenvalue weighted by atomic mass is 10.1. The first-order valence-electron chi connectivity index (χ1n) is 5.74. The van der Waals surface area contributed by atoms with Crippen molar-refractivity contribution in [1.29, 1.82) is 0 Å². The van der Waals surface area contributed by atoms with Crippen molar-refractivity contribution in [2.75, 3.05) is 20.2 Å². The van der Waals surface area contributed by atoms with Crippen molar-refractivity contribution in [3.8, 4) is 5.75 Å². The van der Waals surface area contributed by atoms with Gasteiger partial charge < -0.3 is 14.7 Å². The number of hydrogen-bond donors (Lipinski definition) is 1. The third-order valence-corrected chi connectivity index (χ3v) is 2.44. The standard InChI is InChI=1S/C13H17NO4/c1-3-8-14(9-12(15)16)13(17)10-6-4-5-7-11(10)18-2/h4-7H,3,8-9H2,1-2H3,(H,15,16). The maximum absolute atomic E-state index is 12.2. The van der Waals surface area contributed by atoms with Gasteiger partial charge >= 0.3 is 5.97 Å². The van der Waals surface area contributed by atoms with Gasteiger partial charge in [0.1, 0.15) is 12.3 Å². The normalized spacial score (nSPS) is 9.89. The lowest BCUT2D eigenvalue weighted by molar-refractivity contribution is -0.137. The molecule has 0 aliphatic heterocycles. The number of carbonyl (C=O) groups excluding carboxylic acids is 1. The van der Waals surface area contributed by atoms with Gasteiger partial charge in [-0.2, -0.15) is 0 Å². The van der Waals surface area contributed by atoms with Crippen LogP contribution in [0.1, 0.15) is 23.7 Å². The largest absolute Gasteiger partial charge is 0.496 e. The van der Waals surface area contributed by atoms with Gasteiger partial charge in [0.2, 0.25) is 0 Å². The first-order chi connectivity index (χ1) is 8.60. The number of carboxylic acids is 1. The molecule has 0 fully saturated rings. The highest BCUT2D eigenvalue weighted by Crippen LogP contribution is 2.19. The Labute approximate surface area is 106 Å². The number of ether oxygens (including phenoxy) is 1. The summed E-state index contributed by atoms with van der Waals surface area (Å²) >= 11 is 0. The molecule has 0 spiro atoms. The molecule has 0 heterocycles. The Bertz CT molecular complexity index is 431. The summed E-state index contributed by atoms with van der Waals surface area (Å²) in [6, 6.07) is 6.79. The molecule has 1 N–H and O–H groups in total. The van der Waals surface area contributed by atoms with Gasteiger partial charge in [0.05, 0.1) is 12.7 Å². The topological polar surface area (TPSA) is 66.8 Å². The van der Waals surface area contributed by atoms with Crippen LogP contribution in [-0.2, 0) is 4.79 Å². The van der Waals surface area contributed by atoms with E-state index in [1.807, 2.05) is 6.92 Å². The molecule has 1 rings (SSSR count). The van der Waals surface area contributed by atoms with Gasteiger partial charge in [-0.05, 0) is 18.6 Å². The average molecular weight is 251 g/mol. The third kappa shape index (κ3) is 3.48. The minimum Gasteiger partial charge on any atom is -0.496 e. The van der Waals surface area contributed by atoms with Crippen molar-refractivity contribution < 1.29 is 19.4 Å². The Morgan fingerprint density at radius 2 is 2.00 bits per heavy atom. The van der Waals surface area contributed by atoms with E-state index < -0.39 is 5.97 Å². The number of methoxy groups -OCH3 is 1. The number of rotatable bonds is 6. The summed E-state index contributed by atoms with van der Waals surface area (Å²) in [5.74, 6) is -0.891. The van der Waals surface area contributed by atoms with Crippen molar-refractivity contribution in [3.63, 3.8) is 0 Å². The Balaban J connectivity index is 2.97. The number of benzene rings is 1. The predicted octanol–water partition coefficient (Wildman–Crippen LogP) is 1.63. The molecule has 1 amide bonds. The molecule has 0 unspecified atom stereocenters. The van der Waals surface area contributed by atoms with E-state index >= 15 is 0 Å². The summed E-state index contributed by atoms with van der Waals surface area (Å²) in [6.07, 6.45) is 0.703. The molecule has 5 nitrogen and oxygen atoms in total. The van der Waals surface area contributed by atoms with Crippen molar-refractivity contribution in [1.82, 2.24) is 4.90 Å². The summed E-state index contributed by atoms with van der Waals surface area (Å²) in [4.78, 5) is 24.3. The van der Waals surface area contributed by atoms with E-state index in [0.29, 0.717) is 24.3 Å². The molecular formula is C13H17NO4. The number of amides is 1. The van der Waals surface area contributed by atoms with Crippen LogP contribution in [0.3, 0.4) is 0 Å². The van der Waals surface area contributed by atoms with Crippen molar-refractivity contribution in [2.45, 2.75) is 13.3 Å². The Kier molecular flexibility index (Phi) is 5.17. The van der Waals surface area contributed by atoms with E-state index in [0.717, 1.165) is 0 Å². The van der Waals surface area contributed by atoms with Gasteiger partial charge in [-0.25, -0.2) is 0 Å². The summed E-state index contributed by atoms with van der Waals surface area (Å²) in [5.41, 5.74) is 0.384. The Hall–Kier alpha value is -2.04. The fraction of sp³-hybridized carbons (Fsp3) is 0.385. The smallest absolute Gasteiger partial charge is 0.323 e. The van der Waals surface area contributed by atoms with Crippen LogP contribution in [0.5, 0.6) is 5.75 Å². The van der Waals surface area contributed by atoms with E-state index in [2.05, 4.69) is 0 Å². The van der Waals surface area contributed by atoms with Gasteiger partial charge in [-0.3, -0.25) is 9.59 Å².